The molecule has 0 fully saturated rings. The molecule has 0 saturated heterocycles. The number of nitrogens with zero attached hydrogens (tertiary/aromatic N) is 1. The van der Waals surface area contributed by atoms with E-state index in [0.717, 1.165) is 5.56 Å². The van der Waals surface area contributed by atoms with Gasteiger partial charge in [0.1, 0.15) is 0 Å². The van der Waals surface area contributed by atoms with Gasteiger partial charge in [-0.2, -0.15) is 0 Å². The molecule has 0 spiro atoms. The third kappa shape index (κ3) is 7.18. The molecule has 2 rings (SSSR count). The van der Waals surface area contributed by atoms with Gasteiger partial charge in [0.2, 0.25) is 10.0 Å². The van der Waals surface area contributed by atoms with E-state index in [-0.39, 0.29) is 29.0 Å². The van der Waals surface area contributed by atoms with Crippen molar-refractivity contribution in [1.82, 2.24) is 4.90 Å². The second-order valence-electron chi connectivity index (χ2n) is 7.18. The number of ether oxygens (including phenoxy) is 1. The summed E-state index contributed by atoms with van der Waals surface area (Å²) in [6.45, 7) is 5.59. The van der Waals surface area contributed by atoms with Crippen LogP contribution in [0.3, 0.4) is 0 Å². The fourth-order valence-electron chi connectivity index (χ4n) is 2.84. The molecule has 0 aliphatic carbocycles. The molecule has 0 aliphatic heterocycles. The molecular weight excluding hydrogens is 404 g/mol. The van der Waals surface area contributed by atoms with E-state index in [1.165, 1.54) is 12.1 Å². The summed E-state index contributed by atoms with van der Waals surface area (Å²) in [5, 5.41) is 0. The number of anilines is 1. The number of rotatable bonds is 10. The van der Waals surface area contributed by atoms with Crippen molar-refractivity contribution in [2.45, 2.75) is 39.8 Å². The first-order valence-corrected chi connectivity index (χ1v) is 11.5. The van der Waals surface area contributed by atoms with E-state index in [1.807, 2.05) is 44.2 Å². The van der Waals surface area contributed by atoms with Crippen LogP contribution in [0, 0.1) is 0 Å². The normalized spacial score (nSPS) is 11.2. The SMILES string of the molecule is CCCS(=O)(=O)Nc1cccc(C(=O)OCC(=O)N(Cc2ccccc2)C(C)C)c1. The minimum absolute atomic E-state index is 0.0113. The number of esters is 1. The van der Waals surface area contributed by atoms with Crippen molar-refractivity contribution in [3.63, 3.8) is 0 Å². The predicted octanol–water partition coefficient (Wildman–Crippen LogP) is 3.43. The topological polar surface area (TPSA) is 92.8 Å². The highest BCUT2D eigenvalue weighted by atomic mass is 32.2. The standard InChI is InChI=1S/C22H28N2O5S/c1-4-13-30(27,28)23-20-12-8-11-19(14-20)22(26)29-16-21(25)24(17(2)3)15-18-9-6-5-7-10-18/h5-12,14,17,23H,4,13,15-16H2,1-3H3. The van der Waals surface area contributed by atoms with Crippen molar-refractivity contribution in [1.29, 1.82) is 0 Å². The fraction of sp³-hybridized carbons (Fsp3) is 0.364. The Hall–Kier alpha value is -2.87. The van der Waals surface area contributed by atoms with Crippen LogP contribution in [0.25, 0.3) is 0 Å². The largest absolute Gasteiger partial charge is 0.452 e. The molecule has 0 aliphatic rings. The third-order valence-electron chi connectivity index (χ3n) is 4.31. The minimum atomic E-state index is -3.47. The van der Waals surface area contributed by atoms with E-state index in [4.69, 9.17) is 4.74 Å². The van der Waals surface area contributed by atoms with E-state index in [0.29, 0.717) is 13.0 Å². The Balaban J connectivity index is 2.00. The Labute approximate surface area is 178 Å². The van der Waals surface area contributed by atoms with Crippen molar-refractivity contribution in [3.8, 4) is 0 Å². The van der Waals surface area contributed by atoms with Gasteiger partial charge in [-0.3, -0.25) is 9.52 Å². The maximum atomic E-state index is 12.6. The van der Waals surface area contributed by atoms with Crippen LogP contribution in [0.15, 0.2) is 54.6 Å². The van der Waals surface area contributed by atoms with Crippen LogP contribution in [-0.2, 0) is 26.1 Å². The Morgan fingerprint density at radius 2 is 1.77 bits per heavy atom. The fourth-order valence-corrected chi connectivity index (χ4v) is 3.97. The van der Waals surface area contributed by atoms with E-state index in [9.17, 15) is 18.0 Å². The van der Waals surface area contributed by atoms with Gasteiger partial charge in [-0.25, -0.2) is 13.2 Å². The van der Waals surface area contributed by atoms with Crippen molar-refractivity contribution >= 4 is 27.6 Å². The molecule has 7 nitrogen and oxygen atoms in total. The molecule has 0 heterocycles. The lowest BCUT2D eigenvalue weighted by Gasteiger charge is -2.26. The van der Waals surface area contributed by atoms with Crippen LogP contribution in [-0.4, -0.2) is 43.6 Å². The second-order valence-corrected chi connectivity index (χ2v) is 9.02. The number of amides is 1. The van der Waals surface area contributed by atoms with Crippen molar-refractivity contribution in [3.05, 3.63) is 65.7 Å². The first-order chi connectivity index (χ1) is 14.2. The summed E-state index contributed by atoms with van der Waals surface area (Å²) in [7, 11) is -3.47. The molecule has 0 radical (unpaired) electrons. The van der Waals surface area contributed by atoms with Gasteiger partial charge in [-0.05, 0) is 44.0 Å². The average molecular weight is 433 g/mol. The molecule has 162 valence electrons. The highest BCUT2D eigenvalue weighted by molar-refractivity contribution is 7.92. The summed E-state index contributed by atoms with van der Waals surface area (Å²) in [6.07, 6.45) is 0.481. The first kappa shape index (κ1) is 23.4. The lowest BCUT2D eigenvalue weighted by atomic mass is 10.2. The van der Waals surface area contributed by atoms with E-state index in [2.05, 4.69) is 4.72 Å². The van der Waals surface area contributed by atoms with Crippen molar-refractivity contribution in [2.75, 3.05) is 17.1 Å². The van der Waals surface area contributed by atoms with E-state index < -0.39 is 22.6 Å². The first-order valence-electron chi connectivity index (χ1n) is 9.83. The Morgan fingerprint density at radius 3 is 2.40 bits per heavy atom. The van der Waals surface area contributed by atoms with Crippen LogP contribution in [0.5, 0.6) is 0 Å². The third-order valence-corrected chi connectivity index (χ3v) is 5.80. The minimum Gasteiger partial charge on any atom is -0.452 e. The van der Waals surface area contributed by atoms with Crippen LogP contribution < -0.4 is 4.72 Å². The summed E-state index contributed by atoms with van der Waals surface area (Å²) in [5.74, 6) is -1.01. The van der Waals surface area contributed by atoms with Gasteiger partial charge in [0.25, 0.3) is 5.91 Å². The highest BCUT2D eigenvalue weighted by Gasteiger charge is 2.20. The summed E-state index contributed by atoms with van der Waals surface area (Å²) >= 11 is 0. The number of sulfonamides is 1. The van der Waals surface area contributed by atoms with Crippen molar-refractivity contribution in [2.24, 2.45) is 0 Å². The molecule has 0 unspecified atom stereocenters. The maximum absolute atomic E-state index is 12.6. The highest BCUT2D eigenvalue weighted by Crippen LogP contribution is 2.14. The number of benzene rings is 2. The molecular formula is C22H28N2O5S. The molecule has 0 bridgehead atoms. The maximum Gasteiger partial charge on any atom is 0.338 e. The second kappa shape index (κ2) is 10.8. The average Bonchev–Trinajstić information content (AvgIpc) is 2.70. The van der Waals surface area contributed by atoms with E-state index >= 15 is 0 Å². The van der Waals surface area contributed by atoms with Crippen LogP contribution >= 0.6 is 0 Å². The summed E-state index contributed by atoms with van der Waals surface area (Å²) in [4.78, 5) is 26.6. The van der Waals surface area contributed by atoms with Gasteiger partial charge in [0.05, 0.1) is 11.3 Å². The predicted molar refractivity (Wildman–Crippen MR) is 117 cm³/mol. The van der Waals surface area contributed by atoms with Gasteiger partial charge in [0.15, 0.2) is 6.61 Å². The van der Waals surface area contributed by atoms with Gasteiger partial charge >= 0.3 is 5.97 Å². The molecule has 8 heteroatoms. The number of carbonyl (C=O) groups is 2. The molecule has 1 amide bonds. The van der Waals surface area contributed by atoms with Gasteiger partial charge < -0.3 is 9.64 Å². The quantitative estimate of drug-likeness (QED) is 0.581. The molecule has 2 aromatic rings. The zero-order valence-corrected chi connectivity index (χ0v) is 18.3. The van der Waals surface area contributed by atoms with Crippen molar-refractivity contribution < 1.29 is 22.7 Å². The van der Waals surface area contributed by atoms with Crippen LogP contribution in [0.4, 0.5) is 5.69 Å². The van der Waals surface area contributed by atoms with Gasteiger partial charge in [-0.15, -0.1) is 0 Å². The van der Waals surface area contributed by atoms with Crippen LogP contribution in [0.1, 0.15) is 43.1 Å². The smallest absolute Gasteiger partial charge is 0.338 e. The lowest BCUT2D eigenvalue weighted by molar-refractivity contribution is -0.136. The zero-order valence-electron chi connectivity index (χ0n) is 17.5. The molecule has 30 heavy (non-hydrogen) atoms. The number of nitrogens with one attached hydrogen (secondary N) is 1. The lowest BCUT2D eigenvalue weighted by Crippen LogP contribution is -2.39. The van der Waals surface area contributed by atoms with Gasteiger partial charge in [0, 0.05) is 18.3 Å². The Morgan fingerprint density at radius 1 is 1.07 bits per heavy atom. The van der Waals surface area contributed by atoms with Crippen LogP contribution in [0.2, 0.25) is 0 Å². The monoisotopic (exact) mass is 432 g/mol. The molecule has 0 aromatic heterocycles. The summed E-state index contributed by atoms with van der Waals surface area (Å²) < 4.78 is 31.4. The molecule has 1 N–H and O–H groups in total. The zero-order chi connectivity index (χ0) is 22.1. The molecule has 0 atom stereocenters. The number of hydrogen-bond acceptors (Lipinski definition) is 5. The summed E-state index contributed by atoms with van der Waals surface area (Å²) in [6, 6.07) is 15.5. The van der Waals surface area contributed by atoms with Gasteiger partial charge in [-0.1, -0.05) is 43.3 Å². The number of carbonyl (C=O) groups excluding carboxylic acids is 2. The Kier molecular flexibility index (Phi) is 8.41. The molecule has 0 saturated carbocycles. The number of hydrogen-bond donors (Lipinski definition) is 1. The summed E-state index contributed by atoms with van der Waals surface area (Å²) in [5.41, 5.74) is 1.42. The van der Waals surface area contributed by atoms with E-state index in [1.54, 1.807) is 24.0 Å². The Bertz CT molecular complexity index is 959. The molecule has 2 aromatic carbocycles.